The number of hydrogen-bond donors (Lipinski definition) is 1. The monoisotopic (exact) mass is 331 g/mol. The van der Waals surface area contributed by atoms with Crippen molar-refractivity contribution in [1.82, 2.24) is 19.7 Å². The summed E-state index contributed by atoms with van der Waals surface area (Å²) in [5.41, 5.74) is 4.57. The fourth-order valence-corrected chi connectivity index (χ4v) is 2.98. The predicted octanol–water partition coefficient (Wildman–Crippen LogP) is 3.01. The lowest BCUT2D eigenvalue weighted by atomic mass is 10.1. The number of anilines is 1. The van der Waals surface area contributed by atoms with E-state index in [2.05, 4.69) is 32.6 Å². The number of rotatable bonds is 3. The molecule has 1 amide bonds. The second-order valence-electron chi connectivity index (χ2n) is 6.10. The average molecular weight is 331 g/mol. The van der Waals surface area contributed by atoms with Crippen LogP contribution in [0.15, 0.2) is 48.5 Å². The van der Waals surface area contributed by atoms with Gasteiger partial charge in [0.15, 0.2) is 5.65 Å². The number of amides is 1. The van der Waals surface area contributed by atoms with Gasteiger partial charge in [-0.25, -0.2) is 0 Å². The van der Waals surface area contributed by atoms with E-state index >= 15 is 0 Å². The second-order valence-corrected chi connectivity index (χ2v) is 6.10. The number of hydrogen-bond acceptors (Lipinski definition) is 4. The van der Waals surface area contributed by atoms with Crippen LogP contribution < -0.4 is 5.32 Å². The number of benzene rings is 2. The van der Waals surface area contributed by atoms with Crippen LogP contribution in [0.5, 0.6) is 0 Å². The van der Waals surface area contributed by atoms with E-state index in [4.69, 9.17) is 0 Å². The third-order valence-electron chi connectivity index (χ3n) is 4.21. The highest BCUT2D eigenvalue weighted by Crippen LogP contribution is 2.26. The molecule has 0 aliphatic rings. The minimum absolute atomic E-state index is 0.165. The molecule has 0 fully saturated rings. The molecule has 0 radical (unpaired) electrons. The summed E-state index contributed by atoms with van der Waals surface area (Å²) < 4.78 is 1.96. The zero-order valence-corrected chi connectivity index (χ0v) is 14.0. The molecular weight excluding hydrogens is 314 g/mol. The van der Waals surface area contributed by atoms with E-state index in [1.54, 1.807) is 0 Å². The van der Waals surface area contributed by atoms with Gasteiger partial charge in [0, 0.05) is 12.4 Å². The molecule has 0 unspecified atom stereocenters. The van der Waals surface area contributed by atoms with Gasteiger partial charge in [-0.2, -0.15) is 4.98 Å². The molecule has 4 aromatic rings. The fraction of sp³-hybridized carbons (Fsp3) is 0.158. The van der Waals surface area contributed by atoms with E-state index in [1.807, 2.05) is 54.9 Å². The predicted molar refractivity (Wildman–Crippen MR) is 97.3 cm³/mol. The molecule has 6 heteroatoms. The Morgan fingerprint density at radius 2 is 1.92 bits per heavy atom. The standard InChI is InChI=1S/C19H17N5O/c1-12-8-9-15-14(10-12)17-18(24(15)2)21-19(23-22-17)20-16(25)11-13-6-4-3-5-7-13/h3-10H,11H2,1-2H3,(H,20,21,23,25). The van der Waals surface area contributed by atoms with Crippen molar-refractivity contribution >= 4 is 33.9 Å². The molecule has 124 valence electrons. The Labute approximate surface area is 144 Å². The Kier molecular flexibility index (Phi) is 3.65. The number of carbonyl (C=O) groups excluding carboxylic acids is 1. The minimum Gasteiger partial charge on any atom is -0.327 e. The number of aryl methyl sites for hydroxylation is 2. The van der Waals surface area contributed by atoms with Crippen LogP contribution >= 0.6 is 0 Å². The summed E-state index contributed by atoms with van der Waals surface area (Å²) in [6, 6.07) is 15.7. The molecule has 6 nitrogen and oxygen atoms in total. The Bertz CT molecular complexity index is 1090. The van der Waals surface area contributed by atoms with Crippen LogP contribution in [0.3, 0.4) is 0 Å². The van der Waals surface area contributed by atoms with Crippen LogP contribution in [-0.2, 0) is 18.3 Å². The Morgan fingerprint density at radius 3 is 2.72 bits per heavy atom. The lowest BCUT2D eigenvalue weighted by molar-refractivity contribution is -0.115. The first-order valence-corrected chi connectivity index (χ1v) is 8.05. The molecule has 4 rings (SSSR count). The average Bonchev–Trinajstić information content (AvgIpc) is 2.87. The summed E-state index contributed by atoms with van der Waals surface area (Å²) in [6.07, 6.45) is 0.274. The third kappa shape index (κ3) is 2.82. The van der Waals surface area contributed by atoms with Gasteiger partial charge in [-0.15, -0.1) is 10.2 Å². The Hall–Kier alpha value is -3.28. The molecule has 0 saturated heterocycles. The van der Waals surface area contributed by atoms with Gasteiger partial charge < -0.3 is 4.57 Å². The summed E-state index contributed by atoms with van der Waals surface area (Å²) in [7, 11) is 1.93. The molecule has 0 aliphatic heterocycles. The van der Waals surface area contributed by atoms with E-state index in [0.717, 1.165) is 27.5 Å². The van der Waals surface area contributed by atoms with Gasteiger partial charge in [0.2, 0.25) is 5.91 Å². The third-order valence-corrected chi connectivity index (χ3v) is 4.21. The number of aromatic nitrogens is 4. The summed E-state index contributed by atoms with van der Waals surface area (Å²) in [5, 5.41) is 12.1. The van der Waals surface area contributed by atoms with Crippen LogP contribution in [0.2, 0.25) is 0 Å². The number of nitrogens with one attached hydrogen (secondary N) is 1. The van der Waals surface area contributed by atoms with Crippen molar-refractivity contribution in [3.05, 3.63) is 59.7 Å². The van der Waals surface area contributed by atoms with E-state index in [9.17, 15) is 4.79 Å². The van der Waals surface area contributed by atoms with E-state index in [1.165, 1.54) is 0 Å². The van der Waals surface area contributed by atoms with E-state index in [-0.39, 0.29) is 18.3 Å². The molecule has 25 heavy (non-hydrogen) atoms. The quantitative estimate of drug-likeness (QED) is 0.626. The van der Waals surface area contributed by atoms with Crippen molar-refractivity contribution in [1.29, 1.82) is 0 Å². The fourth-order valence-electron chi connectivity index (χ4n) is 2.98. The zero-order valence-electron chi connectivity index (χ0n) is 14.0. The molecule has 0 spiro atoms. The van der Waals surface area contributed by atoms with Crippen molar-refractivity contribution in [2.75, 3.05) is 5.32 Å². The lowest BCUT2D eigenvalue weighted by Gasteiger charge is -2.03. The van der Waals surface area contributed by atoms with E-state index < -0.39 is 0 Å². The Balaban J connectivity index is 1.66. The first kappa shape index (κ1) is 15.3. The lowest BCUT2D eigenvalue weighted by Crippen LogP contribution is -2.17. The molecule has 2 heterocycles. The summed E-state index contributed by atoms with van der Waals surface area (Å²) in [6.45, 7) is 2.04. The summed E-state index contributed by atoms with van der Waals surface area (Å²) in [5.74, 6) is 0.0537. The molecule has 0 saturated carbocycles. The number of fused-ring (bicyclic) bond motifs is 3. The van der Waals surface area contributed by atoms with Crippen LogP contribution in [0.4, 0.5) is 5.95 Å². The highest BCUT2D eigenvalue weighted by atomic mass is 16.1. The molecule has 1 N–H and O–H groups in total. The highest BCUT2D eigenvalue weighted by Gasteiger charge is 2.14. The van der Waals surface area contributed by atoms with Gasteiger partial charge in [-0.3, -0.25) is 10.1 Å². The van der Waals surface area contributed by atoms with Gasteiger partial charge in [0.05, 0.1) is 11.9 Å². The van der Waals surface area contributed by atoms with Gasteiger partial charge >= 0.3 is 0 Å². The largest absolute Gasteiger partial charge is 0.327 e. The zero-order chi connectivity index (χ0) is 17.4. The van der Waals surface area contributed by atoms with Crippen molar-refractivity contribution in [3.8, 4) is 0 Å². The summed E-state index contributed by atoms with van der Waals surface area (Å²) in [4.78, 5) is 16.7. The van der Waals surface area contributed by atoms with Crippen LogP contribution in [0.1, 0.15) is 11.1 Å². The van der Waals surface area contributed by atoms with Crippen molar-refractivity contribution < 1.29 is 4.79 Å². The number of carbonyl (C=O) groups is 1. The molecular formula is C19H17N5O. The van der Waals surface area contributed by atoms with Crippen LogP contribution in [0, 0.1) is 6.92 Å². The normalized spacial score (nSPS) is 11.1. The van der Waals surface area contributed by atoms with Gasteiger partial charge in [-0.1, -0.05) is 42.0 Å². The summed E-state index contributed by atoms with van der Waals surface area (Å²) >= 11 is 0. The highest BCUT2D eigenvalue weighted by molar-refractivity contribution is 6.04. The first-order valence-electron chi connectivity index (χ1n) is 8.05. The smallest absolute Gasteiger partial charge is 0.251 e. The Morgan fingerprint density at radius 1 is 1.12 bits per heavy atom. The molecule has 2 aromatic heterocycles. The maximum Gasteiger partial charge on any atom is 0.251 e. The van der Waals surface area contributed by atoms with Crippen molar-refractivity contribution in [3.63, 3.8) is 0 Å². The maximum absolute atomic E-state index is 12.2. The number of nitrogens with zero attached hydrogens (tertiary/aromatic N) is 4. The van der Waals surface area contributed by atoms with Gasteiger partial charge in [0.1, 0.15) is 5.52 Å². The molecule has 0 atom stereocenters. The molecule has 0 bridgehead atoms. The van der Waals surface area contributed by atoms with Crippen molar-refractivity contribution in [2.24, 2.45) is 7.05 Å². The maximum atomic E-state index is 12.2. The van der Waals surface area contributed by atoms with Crippen LogP contribution in [0.25, 0.3) is 22.1 Å². The van der Waals surface area contributed by atoms with Gasteiger partial charge in [-0.05, 0) is 24.6 Å². The van der Waals surface area contributed by atoms with E-state index in [0.29, 0.717) is 5.65 Å². The molecule has 2 aromatic carbocycles. The topological polar surface area (TPSA) is 72.7 Å². The van der Waals surface area contributed by atoms with Crippen molar-refractivity contribution in [2.45, 2.75) is 13.3 Å². The minimum atomic E-state index is -0.165. The molecule has 0 aliphatic carbocycles. The second kappa shape index (κ2) is 5.98. The SMILES string of the molecule is Cc1ccc2c(c1)c1nnc(NC(=O)Cc3ccccc3)nc1n2C. The first-order chi connectivity index (χ1) is 12.1. The van der Waals surface area contributed by atoms with Crippen LogP contribution in [-0.4, -0.2) is 25.7 Å². The van der Waals surface area contributed by atoms with Gasteiger partial charge in [0.25, 0.3) is 5.95 Å².